The standard InChI is InChI=1S/C14H10Br2N2/c1-8-6-11(16)13-12(7-8)17-14(18-13)9-2-4-10(15)5-3-9/h2-7H,1H3,(H,17,18). The zero-order valence-corrected chi connectivity index (χ0v) is 12.8. The van der Waals surface area contributed by atoms with Crippen LogP contribution in [-0.2, 0) is 0 Å². The molecule has 0 unspecified atom stereocenters. The number of hydrogen-bond acceptors (Lipinski definition) is 1. The summed E-state index contributed by atoms with van der Waals surface area (Å²) in [6.45, 7) is 2.07. The summed E-state index contributed by atoms with van der Waals surface area (Å²) in [6.07, 6.45) is 0. The Balaban J connectivity index is 2.19. The number of nitrogens with one attached hydrogen (secondary N) is 1. The minimum Gasteiger partial charge on any atom is -0.338 e. The first-order valence-corrected chi connectivity index (χ1v) is 7.14. The maximum Gasteiger partial charge on any atom is 0.138 e. The van der Waals surface area contributed by atoms with E-state index in [2.05, 4.69) is 60.9 Å². The van der Waals surface area contributed by atoms with Gasteiger partial charge in [-0.05, 0) is 52.7 Å². The number of aromatic amines is 1. The molecule has 3 aromatic rings. The van der Waals surface area contributed by atoms with Crippen molar-refractivity contribution in [3.05, 3.63) is 50.9 Å². The van der Waals surface area contributed by atoms with E-state index in [0.29, 0.717) is 0 Å². The van der Waals surface area contributed by atoms with E-state index in [1.54, 1.807) is 0 Å². The molecule has 1 heterocycles. The monoisotopic (exact) mass is 364 g/mol. The number of hydrogen-bond donors (Lipinski definition) is 1. The van der Waals surface area contributed by atoms with E-state index in [9.17, 15) is 0 Å². The molecule has 0 aliphatic carbocycles. The van der Waals surface area contributed by atoms with Crippen LogP contribution in [0.15, 0.2) is 45.3 Å². The van der Waals surface area contributed by atoms with E-state index < -0.39 is 0 Å². The average Bonchev–Trinajstić information content (AvgIpc) is 2.74. The molecule has 3 rings (SSSR count). The van der Waals surface area contributed by atoms with Gasteiger partial charge in [-0.2, -0.15) is 0 Å². The summed E-state index contributed by atoms with van der Waals surface area (Å²) in [6, 6.07) is 12.3. The zero-order valence-electron chi connectivity index (χ0n) is 9.67. The van der Waals surface area contributed by atoms with Crippen LogP contribution >= 0.6 is 31.9 Å². The van der Waals surface area contributed by atoms with Crippen molar-refractivity contribution in [1.29, 1.82) is 0 Å². The van der Waals surface area contributed by atoms with Gasteiger partial charge in [-0.3, -0.25) is 0 Å². The number of imidazole rings is 1. The van der Waals surface area contributed by atoms with Gasteiger partial charge < -0.3 is 4.98 Å². The summed E-state index contributed by atoms with van der Waals surface area (Å²) in [5, 5.41) is 0. The molecule has 0 aliphatic rings. The summed E-state index contributed by atoms with van der Waals surface area (Å²) in [4.78, 5) is 7.99. The summed E-state index contributed by atoms with van der Waals surface area (Å²) in [7, 11) is 0. The molecule has 2 aromatic carbocycles. The van der Waals surface area contributed by atoms with Crippen molar-refractivity contribution in [3.63, 3.8) is 0 Å². The second-order valence-electron chi connectivity index (χ2n) is 4.24. The Morgan fingerprint density at radius 2 is 1.78 bits per heavy atom. The van der Waals surface area contributed by atoms with Crippen molar-refractivity contribution >= 4 is 42.9 Å². The van der Waals surface area contributed by atoms with Crippen LogP contribution in [-0.4, -0.2) is 9.97 Å². The smallest absolute Gasteiger partial charge is 0.138 e. The maximum atomic E-state index is 4.64. The van der Waals surface area contributed by atoms with Gasteiger partial charge in [-0.25, -0.2) is 4.98 Å². The third-order valence-corrected chi connectivity index (χ3v) is 3.94. The van der Waals surface area contributed by atoms with Gasteiger partial charge in [0.2, 0.25) is 0 Å². The van der Waals surface area contributed by atoms with Crippen LogP contribution in [0.5, 0.6) is 0 Å². The maximum absolute atomic E-state index is 4.64. The highest BCUT2D eigenvalue weighted by molar-refractivity contribution is 9.11. The van der Waals surface area contributed by atoms with Crippen molar-refractivity contribution in [2.24, 2.45) is 0 Å². The molecule has 90 valence electrons. The largest absolute Gasteiger partial charge is 0.338 e. The van der Waals surface area contributed by atoms with Crippen LogP contribution in [0.3, 0.4) is 0 Å². The lowest BCUT2D eigenvalue weighted by molar-refractivity contribution is 1.33. The zero-order chi connectivity index (χ0) is 12.7. The quantitative estimate of drug-likeness (QED) is 0.641. The molecule has 0 saturated carbocycles. The topological polar surface area (TPSA) is 28.7 Å². The highest BCUT2D eigenvalue weighted by atomic mass is 79.9. The number of halogens is 2. The Morgan fingerprint density at radius 3 is 2.50 bits per heavy atom. The second-order valence-corrected chi connectivity index (χ2v) is 6.01. The molecule has 0 spiro atoms. The van der Waals surface area contributed by atoms with Crippen LogP contribution in [0.1, 0.15) is 5.56 Å². The minimum absolute atomic E-state index is 0.892. The minimum atomic E-state index is 0.892. The molecule has 0 saturated heterocycles. The fraction of sp³-hybridized carbons (Fsp3) is 0.0714. The van der Waals surface area contributed by atoms with E-state index >= 15 is 0 Å². The summed E-state index contributed by atoms with van der Waals surface area (Å²) < 4.78 is 2.09. The lowest BCUT2D eigenvalue weighted by Crippen LogP contribution is -1.79. The number of H-pyrrole nitrogens is 1. The van der Waals surface area contributed by atoms with Gasteiger partial charge in [0.25, 0.3) is 0 Å². The molecule has 4 heteroatoms. The Hall–Kier alpha value is -1.13. The molecule has 1 aromatic heterocycles. The van der Waals surface area contributed by atoms with Gasteiger partial charge in [-0.1, -0.05) is 28.1 Å². The van der Waals surface area contributed by atoms with E-state index in [0.717, 1.165) is 31.4 Å². The summed E-state index contributed by atoms with van der Waals surface area (Å²) >= 11 is 6.99. The first kappa shape index (κ1) is 11.9. The molecular formula is C14H10Br2N2. The first-order valence-electron chi connectivity index (χ1n) is 5.55. The van der Waals surface area contributed by atoms with Crippen LogP contribution in [0.4, 0.5) is 0 Å². The van der Waals surface area contributed by atoms with Crippen molar-refractivity contribution in [2.75, 3.05) is 0 Å². The van der Waals surface area contributed by atoms with Gasteiger partial charge in [0.15, 0.2) is 0 Å². The third kappa shape index (κ3) is 2.10. The molecule has 2 nitrogen and oxygen atoms in total. The number of benzene rings is 2. The Bertz CT molecular complexity index is 714. The Morgan fingerprint density at radius 1 is 1.06 bits per heavy atom. The van der Waals surface area contributed by atoms with Gasteiger partial charge in [0.1, 0.15) is 11.3 Å². The fourth-order valence-corrected chi connectivity index (χ4v) is 2.88. The van der Waals surface area contributed by atoms with E-state index in [4.69, 9.17) is 0 Å². The van der Waals surface area contributed by atoms with Crippen LogP contribution in [0, 0.1) is 6.92 Å². The van der Waals surface area contributed by atoms with Crippen molar-refractivity contribution in [2.45, 2.75) is 6.92 Å². The average molecular weight is 366 g/mol. The summed E-state index contributed by atoms with van der Waals surface area (Å²) in [5.41, 5.74) is 4.32. The number of fused-ring (bicyclic) bond motifs is 1. The van der Waals surface area contributed by atoms with E-state index in [1.165, 1.54) is 5.56 Å². The van der Waals surface area contributed by atoms with Gasteiger partial charge in [0.05, 0.1) is 5.52 Å². The number of aromatic nitrogens is 2. The second kappa shape index (κ2) is 4.52. The molecule has 0 fully saturated rings. The van der Waals surface area contributed by atoms with Crippen molar-refractivity contribution in [1.82, 2.24) is 9.97 Å². The predicted molar refractivity (Wildman–Crippen MR) is 81.7 cm³/mol. The van der Waals surface area contributed by atoms with E-state index in [-0.39, 0.29) is 0 Å². The van der Waals surface area contributed by atoms with Crippen LogP contribution in [0.25, 0.3) is 22.4 Å². The van der Waals surface area contributed by atoms with Crippen LogP contribution in [0.2, 0.25) is 0 Å². The highest BCUT2D eigenvalue weighted by Gasteiger charge is 2.08. The molecule has 1 N–H and O–H groups in total. The number of nitrogens with zero attached hydrogens (tertiary/aromatic N) is 1. The fourth-order valence-electron chi connectivity index (χ4n) is 1.96. The van der Waals surface area contributed by atoms with Crippen LogP contribution < -0.4 is 0 Å². The molecule has 0 radical (unpaired) electrons. The van der Waals surface area contributed by atoms with E-state index in [1.807, 2.05) is 24.3 Å². The van der Waals surface area contributed by atoms with Gasteiger partial charge >= 0.3 is 0 Å². The number of aryl methyl sites for hydroxylation is 1. The Labute approximate surface area is 122 Å². The Kier molecular flexibility index (Phi) is 2.99. The van der Waals surface area contributed by atoms with Gasteiger partial charge in [-0.15, -0.1) is 0 Å². The molecular weight excluding hydrogens is 356 g/mol. The highest BCUT2D eigenvalue weighted by Crippen LogP contribution is 2.27. The SMILES string of the molecule is Cc1cc(Br)c2nc(-c3ccc(Br)cc3)[nH]c2c1. The predicted octanol–water partition coefficient (Wildman–Crippen LogP) is 5.06. The van der Waals surface area contributed by atoms with Crippen molar-refractivity contribution < 1.29 is 0 Å². The lowest BCUT2D eigenvalue weighted by atomic mass is 10.2. The molecule has 0 bridgehead atoms. The molecule has 0 aliphatic heterocycles. The number of rotatable bonds is 1. The van der Waals surface area contributed by atoms with Crippen molar-refractivity contribution in [3.8, 4) is 11.4 Å². The first-order chi connectivity index (χ1) is 8.63. The summed E-state index contributed by atoms with van der Waals surface area (Å²) in [5.74, 6) is 0.892. The lowest BCUT2D eigenvalue weighted by Gasteiger charge is -1.95. The molecule has 0 atom stereocenters. The normalized spacial score (nSPS) is 11.1. The van der Waals surface area contributed by atoms with Gasteiger partial charge in [0, 0.05) is 14.5 Å². The third-order valence-electron chi connectivity index (χ3n) is 2.80. The molecule has 18 heavy (non-hydrogen) atoms. The molecule has 0 amide bonds.